The Morgan fingerprint density at radius 2 is 1.57 bits per heavy atom. The van der Waals surface area contributed by atoms with Gasteiger partial charge in [-0.15, -0.1) is 0 Å². The third-order valence-electron chi connectivity index (χ3n) is 2.81. The molecule has 118 valence electrons. The summed E-state index contributed by atoms with van der Waals surface area (Å²) in [5.74, 6) is 0.264. The average molecular weight is 310 g/mol. The van der Waals surface area contributed by atoms with Gasteiger partial charge in [-0.2, -0.15) is 10.2 Å². The summed E-state index contributed by atoms with van der Waals surface area (Å²) in [4.78, 5) is 11.2. The topological polar surface area (TPSA) is 60.2 Å². The van der Waals surface area contributed by atoms with Crippen LogP contribution in [0.3, 0.4) is 0 Å². The minimum absolute atomic E-state index is 0.182. The smallest absolute Gasteiger partial charge is 0.333 e. The van der Waals surface area contributed by atoms with Crippen LogP contribution in [0.15, 0.2) is 77.0 Å². The molecule has 0 spiro atoms. The van der Waals surface area contributed by atoms with Gasteiger partial charge >= 0.3 is 5.97 Å². The molecule has 0 bridgehead atoms. The molecular formula is C18H18N2O3. The van der Waals surface area contributed by atoms with Crippen molar-refractivity contribution in [1.29, 1.82) is 0 Å². The number of nitrogens with zero attached hydrogens (tertiary/aromatic N) is 2. The van der Waals surface area contributed by atoms with Gasteiger partial charge in [0, 0.05) is 5.57 Å². The van der Waals surface area contributed by atoms with Crippen LogP contribution in [0.2, 0.25) is 0 Å². The summed E-state index contributed by atoms with van der Waals surface area (Å²) >= 11 is 0. The van der Waals surface area contributed by atoms with Crippen molar-refractivity contribution in [3.63, 3.8) is 0 Å². The molecule has 0 fully saturated rings. The molecule has 0 aromatic heterocycles. The summed E-state index contributed by atoms with van der Waals surface area (Å²) in [5.41, 5.74) is 1.90. The van der Waals surface area contributed by atoms with E-state index >= 15 is 0 Å². The van der Waals surface area contributed by atoms with Gasteiger partial charge in [0.25, 0.3) is 0 Å². The second-order valence-electron chi connectivity index (χ2n) is 4.79. The third-order valence-corrected chi connectivity index (χ3v) is 2.81. The first kappa shape index (κ1) is 16.4. The van der Waals surface area contributed by atoms with Crippen molar-refractivity contribution in [1.82, 2.24) is 0 Å². The normalized spacial score (nSPS) is 10.5. The lowest BCUT2D eigenvalue weighted by atomic mass is 10.3. The monoisotopic (exact) mass is 310 g/mol. The summed E-state index contributed by atoms with van der Waals surface area (Å²) in [6.07, 6.45) is 0. The summed E-state index contributed by atoms with van der Waals surface area (Å²) < 4.78 is 10.4. The van der Waals surface area contributed by atoms with E-state index in [2.05, 4.69) is 16.8 Å². The van der Waals surface area contributed by atoms with E-state index in [4.69, 9.17) is 9.47 Å². The van der Waals surface area contributed by atoms with E-state index < -0.39 is 5.97 Å². The van der Waals surface area contributed by atoms with Crippen molar-refractivity contribution in [2.24, 2.45) is 10.2 Å². The molecule has 0 heterocycles. The van der Waals surface area contributed by atoms with Gasteiger partial charge in [-0.05, 0) is 43.3 Å². The first-order valence-corrected chi connectivity index (χ1v) is 7.17. The Hall–Kier alpha value is -2.95. The molecule has 0 unspecified atom stereocenters. The molecule has 5 heteroatoms. The largest absolute Gasteiger partial charge is 0.490 e. The molecule has 0 aliphatic rings. The zero-order chi connectivity index (χ0) is 16.5. The Morgan fingerprint density at radius 1 is 0.957 bits per heavy atom. The first-order chi connectivity index (χ1) is 11.1. The maximum absolute atomic E-state index is 11.2. The van der Waals surface area contributed by atoms with Crippen LogP contribution < -0.4 is 4.74 Å². The van der Waals surface area contributed by atoms with Gasteiger partial charge in [-0.3, -0.25) is 0 Å². The van der Waals surface area contributed by atoms with E-state index in [9.17, 15) is 4.79 Å². The van der Waals surface area contributed by atoms with Crippen LogP contribution in [0, 0.1) is 0 Å². The minimum atomic E-state index is -0.412. The molecule has 0 atom stereocenters. The number of hydrogen-bond donors (Lipinski definition) is 0. The maximum atomic E-state index is 11.2. The Balaban J connectivity index is 1.79. The number of benzene rings is 2. The van der Waals surface area contributed by atoms with Crippen molar-refractivity contribution in [3.8, 4) is 5.75 Å². The molecule has 0 saturated heterocycles. The zero-order valence-corrected chi connectivity index (χ0v) is 12.9. The summed E-state index contributed by atoms with van der Waals surface area (Å²) in [5, 5.41) is 8.28. The van der Waals surface area contributed by atoms with Crippen molar-refractivity contribution in [2.75, 3.05) is 13.2 Å². The van der Waals surface area contributed by atoms with Crippen LogP contribution in [0.1, 0.15) is 6.92 Å². The Labute approximate surface area is 135 Å². The molecule has 5 nitrogen and oxygen atoms in total. The molecule has 0 aliphatic carbocycles. The fourth-order valence-electron chi connectivity index (χ4n) is 1.64. The SMILES string of the molecule is C=C(C)C(=O)OCCOc1ccc(N=Nc2ccccc2)cc1. The summed E-state index contributed by atoms with van der Waals surface area (Å²) in [6, 6.07) is 16.7. The first-order valence-electron chi connectivity index (χ1n) is 7.17. The third kappa shape index (κ3) is 5.74. The highest BCUT2D eigenvalue weighted by molar-refractivity contribution is 5.86. The van der Waals surface area contributed by atoms with Gasteiger partial charge in [0.2, 0.25) is 0 Å². The van der Waals surface area contributed by atoms with Crippen LogP contribution in [0.5, 0.6) is 5.75 Å². The van der Waals surface area contributed by atoms with Crippen LogP contribution in [0.25, 0.3) is 0 Å². The molecule has 0 saturated carbocycles. The number of rotatable bonds is 7. The van der Waals surface area contributed by atoms with Crippen molar-refractivity contribution in [2.45, 2.75) is 6.92 Å². The van der Waals surface area contributed by atoms with Gasteiger partial charge in [0.15, 0.2) is 0 Å². The molecule has 0 radical (unpaired) electrons. The van der Waals surface area contributed by atoms with Gasteiger partial charge < -0.3 is 9.47 Å². The second kappa shape index (κ2) is 8.48. The number of ether oxygens (including phenoxy) is 2. The lowest BCUT2D eigenvalue weighted by molar-refractivity contribution is -0.139. The predicted octanol–water partition coefficient (Wildman–Crippen LogP) is 4.60. The van der Waals surface area contributed by atoms with Gasteiger partial charge in [-0.1, -0.05) is 24.8 Å². The Kier molecular flexibility index (Phi) is 6.06. The van der Waals surface area contributed by atoms with E-state index in [1.807, 2.05) is 42.5 Å². The zero-order valence-electron chi connectivity index (χ0n) is 12.9. The molecule has 2 aromatic carbocycles. The minimum Gasteiger partial charge on any atom is -0.490 e. The number of carbonyl (C=O) groups excluding carboxylic acids is 1. The molecular weight excluding hydrogens is 292 g/mol. The highest BCUT2D eigenvalue weighted by Gasteiger charge is 2.02. The van der Waals surface area contributed by atoms with Crippen LogP contribution >= 0.6 is 0 Å². The maximum Gasteiger partial charge on any atom is 0.333 e. The number of carbonyl (C=O) groups is 1. The van der Waals surface area contributed by atoms with Crippen molar-refractivity contribution in [3.05, 3.63) is 66.7 Å². The highest BCUT2D eigenvalue weighted by atomic mass is 16.6. The van der Waals surface area contributed by atoms with Gasteiger partial charge in [0.1, 0.15) is 19.0 Å². The molecule has 0 amide bonds. The van der Waals surface area contributed by atoms with Crippen molar-refractivity contribution < 1.29 is 14.3 Å². The van der Waals surface area contributed by atoms with Crippen LogP contribution in [0.4, 0.5) is 11.4 Å². The van der Waals surface area contributed by atoms with E-state index in [1.54, 1.807) is 19.1 Å². The number of azo groups is 1. The summed E-state index contributed by atoms with van der Waals surface area (Å²) in [7, 11) is 0. The van der Waals surface area contributed by atoms with E-state index in [0.29, 0.717) is 11.3 Å². The lowest BCUT2D eigenvalue weighted by Crippen LogP contribution is -2.12. The van der Waals surface area contributed by atoms with Gasteiger partial charge in [0.05, 0.1) is 11.4 Å². The highest BCUT2D eigenvalue weighted by Crippen LogP contribution is 2.21. The second-order valence-corrected chi connectivity index (χ2v) is 4.79. The van der Waals surface area contributed by atoms with E-state index in [-0.39, 0.29) is 13.2 Å². The molecule has 2 aromatic rings. The standard InChI is InChI=1S/C18H18N2O3/c1-14(2)18(21)23-13-12-22-17-10-8-16(9-11-17)20-19-15-6-4-3-5-7-15/h3-11H,1,12-13H2,2H3. The molecule has 0 N–H and O–H groups in total. The van der Waals surface area contributed by atoms with Crippen LogP contribution in [-0.4, -0.2) is 19.2 Å². The van der Waals surface area contributed by atoms with Crippen LogP contribution in [-0.2, 0) is 9.53 Å². The summed E-state index contributed by atoms with van der Waals surface area (Å²) in [6.45, 7) is 5.57. The predicted molar refractivity (Wildman–Crippen MR) is 88.3 cm³/mol. The number of esters is 1. The molecule has 23 heavy (non-hydrogen) atoms. The molecule has 2 rings (SSSR count). The average Bonchev–Trinajstić information content (AvgIpc) is 2.58. The molecule has 0 aliphatic heterocycles. The fourth-order valence-corrected chi connectivity index (χ4v) is 1.64. The van der Waals surface area contributed by atoms with Gasteiger partial charge in [-0.25, -0.2) is 4.79 Å². The Bertz CT molecular complexity index is 679. The quantitative estimate of drug-likeness (QED) is 0.325. The van der Waals surface area contributed by atoms with Crippen molar-refractivity contribution >= 4 is 17.3 Å². The van der Waals surface area contributed by atoms with E-state index in [0.717, 1.165) is 11.4 Å². The number of hydrogen-bond acceptors (Lipinski definition) is 5. The Morgan fingerprint density at radius 3 is 2.17 bits per heavy atom. The fraction of sp³-hybridized carbons (Fsp3) is 0.167. The van der Waals surface area contributed by atoms with E-state index in [1.165, 1.54) is 0 Å². The lowest BCUT2D eigenvalue weighted by Gasteiger charge is -2.07.